The van der Waals surface area contributed by atoms with Crippen molar-refractivity contribution < 1.29 is 4.79 Å². The minimum atomic E-state index is -0.588. The molecule has 8 heavy (non-hydrogen) atoms. The fourth-order valence-electron chi connectivity index (χ4n) is 0.254. The highest BCUT2D eigenvalue weighted by atomic mass is 16.2. The van der Waals surface area contributed by atoms with Crippen molar-refractivity contribution in [3.8, 4) is 0 Å². The molecule has 0 unspecified atom stereocenters. The molecule has 0 aromatic heterocycles. The molecule has 0 saturated carbocycles. The van der Waals surface area contributed by atoms with Gasteiger partial charge in [-0.15, -0.1) is 0 Å². The van der Waals surface area contributed by atoms with E-state index in [0.717, 1.165) is 4.90 Å². The van der Waals surface area contributed by atoms with Crippen molar-refractivity contribution in [1.82, 2.24) is 4.90 Å². The average Bonchev–Trinajstić information content (AvgIpc) is 1.69. The molecular weight excluding hydrogens is 108 g/mol. The number of hydrogen-bond acceptors (Lipinski definition) is 3. The summed E-state index contributed by atoms with van der Waals surface area (Å²) in [6, 6.07) is -0.588. The largest absolute Gasteiger partial charge is 0.351 e. The van der Waals surface area contributed by atoms with E-state index in [2.05, 4.69) is 0 Å². The highest BCUT2D eigenvalue weighted by Gasteiger charge is 2.00. The summed E-state index contributed by atoms with van der Waals surface area (Å²) < 4.78 is 0. The van der Waals surface area contributed by atoms with Crippen LogP contribution in [-0.2, 0) is 0 Å². The molecule has 0 fully saturated rings. The summed E-state index contributed by atoms with van der Waals surface area (Å²) >= 11 is 0. The first-order valence-electron chi connectivity index (χ1n) is 2.17. The van der Waals surface area contributed by atoms with Crippen LogP contribution in [0.25, 0.3) is 0 Å². The highest BCUT2D eigenvalue weighted by molar-refractivity contribution is 5.71. The molecule has 0 aliphatic heterocycles. The average molecular weight is 118 g/mol. The normalized spacial score (nSPS) is 8.75. The lowest BCUT2D eigenvalue weighted by Gasteiger charge is -2.13. The van der Waals surface area contributed by atoms with E-state index in [9.17, 15) is 4.79 Å². The van der Waals surface area contributed by atoms with Crippen molar-refractivity contribution in [3.63, 3.8) is 0 Å². The van der Waals surface area contributed by atoms with Crippen LogP contribution < -0.4 is 17.2 Å². The second-order valence-corrected chi connectivity index (χ2v) is 1.24. The smallest absolute Gasteiger partial charge is 0.316 e. The van der Waals surface area contributed by atoms with Gasteiger partial charge >= 0.3 is 6.03 Å². The minimum absolute atomic E-state index is 0.0752. The fourth-order valence-corrected chi connectivity index (χ4v) is 0.254. The molecule has 0 saturated heterocycles. The number of nitrogens with two attached hydrogens (primary N) is 3. The first-order valence-corrected chi connectivity index (χ1v) is 2.17. The van der Waals surface area contributed by atoms with Gasteiger partial charge in [-0.1, -0.05) is 0 Å². The maximum atomic E-state index is 10.1. The number of carbonyl (C=O) groups is 1. The maximum absolute atomic E-state index is 10.1. The number of hydrogen-bond donors (Lipinski definition) is 3. The summed E-state index contributed by atoms with van der Waals surface area (Å²) in [5.41, 5.74) is 14.8. The van der Waals surface area contributed by atoms with Gasteiger partial charge in [0, 0.05) is 0 Å². The molecule has 0 rings (SSSR count). The minimum Gasteiger partial charge on any atom is -0.351 e. The Morgan fingerprint density at radius 3 is 1.75 bits per heavy atom. The lowest BCUT2D eigenvalue weighted by molar-refractivity contribution is 0.210. The van der Waals surface area contributed by atoms with Crippen LogP contribution in [0, 0.1) is 0 Å². The zero-order valence-corrected chi connectivity index (χ0v) is 4.50. The van der Waals surface area contributed by atoms with Gasteiger partial charge in [-0.25, -0.2) is 4.79 Å². The summed E-state index contributed by atoms with van der Waals surface area (Å²) in [5.74, 6) is 0. The Hall–Kier alpha value is -0.810. The molecule has 48 valence electrons. The monoisotopic (exact) mass is 118 g/mol. The van der Waals surface area contributed by atoms with Gasteiger partial charge in [-0.3, -0.25) is 4.90 Å². The second-order valence-electron chi connectivity index (χ2n) is 1.24. The van der Waals surface area contributed by atoms with Crippen LogP contribution in [0.3, 0.4) is 0 Å². The van der Waals surface area contributed by atoms with Crippen LogP contribution in [-0.4, -0.2) is 24.3 Å². The summed E-state index contributed by atoms with van der Waals surface area (Å²) in [4.78, 5) is 11.3. The van der Waals surface area contributed by atoms with E-state index < -0.39 is 6.03 Å². The summed E-state index contributed by atoms with van der Waals surface area (Å²) in [6.07, 6.45) is 0. The van der Waals surface area contributed by atoms with Gasteiger partial charge in [0.05, 0.1) is 13.3 Å². The molecule has 0 aliphatic carbocycles. The number of rotatable bonds is 2. The molecule has 0 aromatic rings. The van der Waals surface area contributed by atoms with Crippen molar-refractivity contribution in [2.45, 2.75) is 0 Å². The third kappa shape index (κ3) is 1.76. The van der Waals surface area contributed by atoms with E-state index in [0.29, 0.717) is 0 Å². The highest BCUT2D eigenvalue weighted by Crippen LogP contribution is 1.74. The van der Waals surface area contributed by atoms with Crippen LogP contribution in [0.2, 0.25) is 0 Å². The quantitative estimate of drug-likeness (QED) is 0.373. The van der Waals surface area contributed by atoms with Crippen LogP contribution in [0.15, 0.2) is 0 Å². The Morgan fingerprint density at radius 1 is 1.38 bits per heavy atom. The van der Waals surface area contributed by atoms with Crippen molar-refractivity contribution in [3.05, 3.63) is 0 Å². The Morgan fingerprint density at radius 2 is 1.75 bits per heavy atom. The summed E-state index contributed by atoms with van der Waals surface area (Å²) in [6.45, 7) is 0.150. The Kier molecular flexibility index (Phi) is 2.90. The van der Waals surface area contributed by atoms with Crippen LogP contribution in [0.5, 0.6) is 0 Å². The van der Waals surface area contributed by atoms with Crippen molar-refractivity contribution in [2.75, 3.05) is 13.3 Å². The van der Waals surface area contributed by atoms with Crippen molar-refractivity contribution in [1.29, 1.82) is 0 Å². The predicted molar refractivity (Wildman–Crippen MR) is 29.5 cm³/mol. The van der Waals surface area contributed by atoms with Crippen molar-refractivity contribution in [2.24, 2.45) is 17.2 Å². The van der Waals surface area contributed by atoms with E-state index in [1.54, 1.807) is 0 Å². The third-order valence-electron chi connectivity index (χ3n) is 0.752. The molecule has 0 radical (unpaired) electrons. The van der Waals surface area contributed by atoms with Gasteiger partial charge in [-0.05, 0) is 0 Å². The summed E-state index contributed by atoms with van der Waals surface area (Å²) in [7, 11) is 0. The second kappa shape index (κ2) is 3.23. The Labute approximate surface area is 47.4 Å². The molecular formula is C3H10N4O. The topological polar surface area (TPSA) is 98.4 Å². The molecule has 0 bridgehead atoms. The standard InChI is InChI=1S/C3H10N4O/c4-1-7(2-5)3(6)8/h1-2,4-5H2,(H2,6,8). The van der Waals surface area contributed by atoms with E-state index in [4.69, 9.17) is 17.2 Å². The van der Waals surface area contributed by atoms with Crippen LogP contribution >= 0.6 is 0 Å². The third-order valence-corrected chi connectivity index (χ3v) is 0.752. The first kappa shape index (κ1) is 7.19. The molecule has 0 spiro atoms. The Balaban J connectivity index is 3.52. The SMILES string of the molecule is NCN(CN)C(N)=O. The number of amides is 2. The Bertz CT molecular complexity index is 79.4. The molecule has 2 amide bonds. The van der Waals surface area contributed by atoms with Gasteiger partial charge in [0.15, 0.2) is 0 Å². The number of primary amides is 1. The van der Waals surface area contributed by atoms with Gasteiger partial charge < -0.3 is 17.2 Å². The first-order chi connectivity index (χ1) is 3.72. The lowest BCUT2D eigenvalue weighted by Crippen LogP contribution is -2.43. The fraction of sp³-hybridized carbons (Fsp3) is 0.667. The van der Waals surface area contributed by atoms with Crippen molar-refractivity contribution >= 4 is 6.03 Å². The molecule has 0 aliphatic rings. The summed E-state index contributed by atoms with van der Waals surface area (Å²) in [5, 5.41) is 0. The molecule has 5 heteroatoms. The molecule has 0 atom stereocenters. The van der Waals surface area contributed by atoms with E-state index in [1.807, 2.05) is 0 Å². The number of urea groups is 1. The van der Waals surface area contributed by atoms with E-state index in [-0.39, 0.29) is 13.3 Å². The molecule has 0 heterocycles. The van der Waals surface area contributed by atoms with E-state index in [1.165, 1.54) is 0 Å². The maximum Gasteiger partial charge on any atom is 0.316 e. The van der Waals surface area contributed by atoms with Gasteiger partial charge in [0.25, 0.3) is 0 Å². The number of carbonyl (C=O) groups excluding carboxylic acids is 1. The molecule has 0 aromatic carbocycles. The van der Waals surface area contributed by atoms with Gasteiger partial charge in [0.1, 0.15) is 0 Å². The zero-order valence-electron chi connectivity index (χ0n) is 4.50. The van der Waals surface area contributed by atoms with Crippen LogP contribution in [0.1, 0.15) is 0 Å². The predicted octanol–water partition coefficient (Wildman–Crippen LogP) is -1.80. The molecule has 5 nitrogen and oxygen atoms in total. The van der Waals surface area contributed by atoms with Crippen LogP contribution in [0.4, 0.5) is 4.79 Å². The number of nitrogens with zero attached hydrogens (tertiary/aromatic N) is 1. The lowest BCUT2D eigenvalue weighted by atomic mass is 10.8. The van der Waals surface area contributed by atoms with E-state index >= 15 is 0 Å². The molecule has 6 N–H and O–H groups in total. The van der Waals surface area contributed by atoms with Gasteiger partial charge in [-0.2, -0.15) is 0 Å². The van der Waals surface area contributed by atoms with Gasteiger partial charge in [0.2, 0.25) is 0 Å². The zero-order chi connectivity index (χ0) is 6.57.